The zero-order valence-corrected chi connectivity index (χ0v) is 13.7. The van der Waals surface area contributed by atoms with Crippen molar-refractivity contribution in [1.82, 2.24) is 5.32 Å². The Bertz CT molecular complexity index is 724. The van der Waals surface area contributed by atoms with Gasteiger partial charge < -0.3 is 20.9 Å². The Kier molecular flexibility index (Phi) is 6.06. The van der Waals surface area contributed by atoms with Crippen LogP contribution in [0.15, 0.2) is 48.5 Å². The quantitative estimate of drug-likeness (QED) is 0.710. The number of aliphatic hydroxyl groups excluding tert-OH is 1. The molecule has 4 N–H and O–H groups in total. The molecule has 2 rings (SSSR count). The molecule has 5 nitrogen and oxygen atoms in total. The first-order valence-corrected chi connectivity index (χ1v) is 7.69. The summed E-state index contributed by atoms with van der Waals surface area (Å²) in [5, 5.41) is 12.4. The maximum Gasteiger partial charge on any atom is 0.244 e. The molecule has 1 amide bonds. The number of hydrogen-bond donors (Lipinski definition) is 3. The fraction of sp³-hybridized carbons (Fsp3) is 0.278. The Morgan fingerprint density at radius 2 is 1.92 bits per heavy atom. The molecule has 0 aromatic heterocycles. The van der Waals surface area contributed by atoms with E-state index in [0.29, 0.717) is 5.56 Å². The highest BCUT2D eigenvalue weighted by atomic mass is 19.2. The van der Waals surface area contributed by atoms with Gasteiger partial charge in [-0.25, -0.2) is 8.78 Å². The van der Waals surface area contributed by atoms with E-state index < -0.39 is 29.2 Å². The minimum absolute atomic E-state index is 0.0808. The number of nitrogens with two attached hydrogens (primary N) is 1. The van der Waals surface area contributed by atoms with Gasteiger partial charge in [0.25, 0.3) is 0 Å². The largest absolute Gasteiger partial charge is 0.491 e. The van der Waals surface area contributed by atoms with E-state index in [4.69, 9.17) is 10.5 Å². The van der Waals surface area contributed by atoms with Gasteiger partial charge in [-0.05, 0) is 24.6 Å². The summed E-state index contributed by atoms with van der Waals surface area (Å²) in [6.45, 7) is 1.28. The van der Waals surface area contributed by atoms with Crippen LogP contribution in [0.5, 0.6) is 5.75 Å². The van der Waals surface area contributed by atoms with Gasteiger partial charge in [-0.3, -0.25) is 4.79 Å². The lowest BCUT2D eigenvalue weighted by atomic mass is 9.92. The SMILES string of the molecule is CC(N)(C(=O)NCC(O)COc1ccc(F)c(F)c1)c1ccccc1. The van der Waals surface area contributed by atoms with Crippen LogP contribution in [0.1, 0.15) is 12.5 Å². The Balaban J connectivity index is 1.83. The zero-order valence-electron chi connectivity index (χ0n) is 13.7. The molecule has 0 saturated heterocycles. The minimum Gasteiger partial charge on any atom is -0.491 e. The first-order chi connectivity index (χ1) is 11.8. The molecule has 0 aliphatic heterocycles. The van der Waals surface area contributed by atoms with Crippen LogP contribution in [0.4, 0.5) is 8.78 Å². The first-order valence-electron chi connectivity index (χ1n) is 7.69. The van der Waals surface area contributed by atoms with E-state index in [9.17, 15) is 18.7 Å². The summed E-state index contributed by atoms with van der Waals surface area (Å²) >= 11 is 0. The van der Waals surface area contributed by atoms with Crippen LogP contribution in [0.25, 0.3) is 0 Å². The standard InChI is InChI=1S/C18H20F2N2O3/c1-18(21,12-5-3-2-4-6-12)17(24)22-10-13(23)11-25-14-7-8-15(19)16(20)9-14/h2-9,13,23H,10-11,21H2,1H3,(H,22,24). The second-order valence-corrected chi connectivity index (χ2v) is 5.82. The molecule has 0 saturated carbocycles. The van der Waals surface area contributed by atoms with Crippen LogP contribution in [0.2, 0.25) is 0 Å². The minimum atomic E-state index is -1.25. The van der Waals surface area contributed by atoms with Crippen LogP contribution < -0.4 is 15.8 Å². The molecule has 2 aromatic carbocycles. The molecule has 2 unspecified atom stereocenters. The molecule has 25 heavy (non-hydrogen) atoms. The summed E-state index contributed by atoms with van der Waals surface area (Å²) in [6, 6.07) is 11.9. The number of benzene rings is 2. The van der Waals surface area contributed by atoms with Crippen molar-refractivity contribution < 1.29 is 23.4 Å². The predicted molar refractivity (Wildman–Crippen MR) is 88.9 cm³/mol. The lowest BCUT2D eigenvalue weighted by Gasteiger charge is -2.25. The van der Waals surface area contributed by atoms with Gasteiger partial charge in [0.15, 0.2) is 11.6 Å². The Morgan fingerprint density at radius 3 is 2.56 bits per heavy atom. The van der Waals surface area contributed by atoms with Gasteiger partial charge >= 0.3 is 0 Å². The fourth-order valence-electron chi connectivity index (χ4n) is 2.13. The van der Waals surface area contributed by atoms with E-state index in [1.165, 1.54) is 6.07 Å². The molecule has 0 aliphatic carbocycles. The monoisotopic (exact) mass is 350 g/mol. The summed E-state index contributed by atoms with van der Waals surface area (Å²) < 4.78 is 31.0. The number of amides is 1. The van der Waals surface area contributed by atoms with Gasteiger partial charge in [0.1, 0.15) is 24.0 Å². The third-order valence-corrected chi connectivity index (χ3v) is 3.68. The Labute approximate surface area is 144 Å². The Hall–Kier alpha value is -2.51. The summed E-state index contributed by atoms with van der Waals surface area (Å²) in [4.78, 5) is 12.2. The summed E-state index contributed by atoms with van der Waals surface area (Å²) in [5.74, 6) is -2.40. The average Bonchev–Trinajstić information content (AvgIpc) is 2.61. The van der Waals surface area contributed by atoms with Gasteiger partial charge in [0, 0.05) is 12.6 Å². The number of ether oxygens (including phenoxy) is 1. The van der Waals surface area contributed by atoms with Crippen molar-refractivity contribution in [2.24, 2.45) is 5.73 Å². The van der Waals surface area contributed by atoms with Crippen LogP contribution in [0.3, 0.4) is 0 Å². The van der Waals surface area contributed by atoms with E-state index in [1.54, 1.807) is 31.2 Å². The van der Waals surface area contributed by atoms with Gasteiger partial charge in [-0.1, -0.05) is 30.3 Å². The Morgan fingerprint density at radius 1 is 1.24 bits per heavy atom. The number of carbonyl (C=O) groups excluding carboxylic acids is 1. The van der Waals surface area contributed by atoms with E-state index in [2.05, 4.69) is 5.32 Å². The number of rotatable bonds is 7. The molecule has 7 heteroatoms. The van der Waals surface area contributed by atoms with Crippen molar-refractivity contribution in [3.05, 3.63) is 65.7 Å². The molecule has 0 aliphatic rings. The first kappa shape index (κ1) is 18.8. The van der Waals surface area contributed by atoms with Crippen molar-refractivity contribution in [2.45, 2.75) is 18.6 Å². The van der Waals surface area contributed by atoms with Crippen molar-refractivity contribution in [2.75, 3.05) is 13.2 Å². The van der Waals surface area contributed by atoms with E-state index in [1.807, 2.05) is 6.07 Å². The van der Waals surface area contributed by atoms with Crippen LogP contribution >= 0.6 is 0 Å². The van der Waals surface area contributed by atoms with E-state index in [0.717, 1.165) is 12.1 Å². The molecule has 134 valence electrons. The van der Waals surface area contributed by atoms with Gasteiger partial charge in [0.2, 0.25) is 5.91 Å². The second kappa shape index (κ2) is 8.04. The lowest BCUT2D eigenvalue weighted by molar-refractivity contribution is -0.126. The smallest absolute Gasteiger partial charge is 0.244 e. The average molecular weight is 350 g/mol. The summed E-state index contributed by atoms with van der Waals surface area (Å²) in [5.41, 5.74) is 5.45. The lowest BCUT2D eigenvalue weighted by Crippen LogP contribution is -2.51. The normalized spacial score (nSPS) is 14.4. The van der Waals surface area contributed by atoms with Gasteiger partial charge in [-0.2, -0.15) is 0 Å². The van der Waals surface area contributed by atoms with E-state index >= 15 is 0 Å². The van der Waals surface area contributed by atoms with Crippen molar-refractivity contribution in [3.8, 4) is 5.75 Å². The zero-order chi connectivity index (χ0) is 18.4. The number of halogens is 2. The summed E-state index contributed by atoms with van der Waals surface area (Å²) in [6.07, 6.45) is -1.04. The molecule has 0 spiro atoms. The molecular formula is C18H20F2N2O3. The molecule has 0 fully saturated rings. The number of aliphatic hydroxyl groups is 1. The summed E-state index contributed by atoms with van der Waals surface area (Å²) in [7, 11) is 0. The topological polar surface area (TPSA) is 84.6 Å². The third-order valence-electron chi connectivity index (χ3n) is 3.68. The number of nitrogens with one attached hydrogen (secondary N) is 1. The third kappa shape index (κ3) is 4.98. The van der Waals surface area contributed by atoms with Crippen LogP contribution in [-0.2, 0) is 10.3 Å². The van der Waals surface area contributed by atoms with Crippen molar-refractivity contribution >= 4 is 5.91 Å². The maximum absolute atomic E-state index is 13.1. The molecule has 2 aromatic rings. The highest BCUT2D eigenvalue weighted by molar-refractivity contribution is 5.86. The number of carbonyl (C=O) groups is 1. The molecule has 0 heterocycles. The molecule has 2 atom stereocenters. The van der Waals surface area contributed by atoms with Gasteiger partial charge in [-0.15, -0.1) is 0 Å². The fourth-order valence-corrected chi connectivity index (χ4v) is 2.13. The highest BCUT2D eigenvalue weighted by Gasteiger charge is 2.30. The number of hydrogen-bond acceptors (Lipinski definition) is 4. The maximum atomic E-state index is 13.1. The van der Waals surface area contributed by atoms with Crippen molar-refractivity contribution in [3.63, 3.8) is 0 Å². The van der Waals surface area contributed by atoms with E-state index in [-0.39, 0.29) is 18.9 Å². The predicted octanol–water partition coefficient (Wildman–Crippen LogP) is 1.69. The highest BCUT2D eigenvalue weighted by Crippen LogP contribution is 2.17. The molecule has 0 radical (unpaired) electrons. The van der Waals surface area contributed by atoms with Crippen LogP contribution in [-0.4, -0.2) is 30.3 Å². The molecular weight excluding hydrogens is 330 g/mol. The van der Waals surface area contributed by atoms with Crippen molar-refractivity contribution in [1.29, 1.82) is 0 Å². The van der Waals surface area contributed by atoms with Crippen LogP contribution in [0, 0.1) is 11.6 Å². The molecule has 0 bridgehead atoms. The second-order valence-electron chi connectivity index (χ2n) is 5.82. The van der Waals surface area contributed by atoms with Gasteiger partial charge in [0.05, 0.1) is 0 Å².